The zero-order valence-corrected chi connectivity index (χ0v) is 20.6. The summed E-state index contributed by atoms with van der Waals surface area (Å²) in [7, 11) is 0. The topological polar surface area (TPSA) is 67.1 Å². The van der Waals surface area contributed by atoms with Crippen LogP contribution in [0.1, 0.15) is 37.9 Å². The number of halogens is 1. The van der Waals surface area contributed by atoms with Crippen molar-refractivity contribution in [3.8, 4) is 22.5 Å². The molecule has 0 saturated heterocycles. The summed E-state index contributed by atoms with van der Waals surface area (Å²) in [6.45, 7) is 7.08. The summed E-state index contributed by atoms with van der Waals surface area (Å²) < 4.78 is 15.7. The molecule has 0 aliphatic carbocycles. The van der Waals surface area contributed by atoms with Gasteiger partial charge in [-0.1, -0.05) is 44.2 Å². The van der Waals surface area contributed by atoms with Gasteiger partial charge in [-0.25, -0.2) is 19.3 Å². The molecule has 1 unspecified atom stereocenters. The van der Waals surface area contributed by atoms with Gasteiger partial charge in [-0.3, -0.25) is 4.40 Å². The standard InChI is InChI=1S/C29H29FN6/c1-19(2)31-16-21-13-14-36-26(15-21)35-27(23-9-11-25(30)12-10-23)28(36)24-17-32-29(33-18-24)34-20(3)22-7-5-4-6-8-22/h4-15,17-20,31H,16H2,1-3H3,(H,32,33,34). The van der Waals surface area contributed by atoms with Crippen molar-refractivity contribution in [3.05, 3.63) is 102 Å². The highest BCUT2D eigenvalue weighted by molar-refractivity contribution is 5.81. The van der Waals surface area contributed by atoms with Crippen LogP contribution in [-0.2, 0) is 6.54 Å². The minimum atomic E-state index is -0.280. The second-order valence-electron chi connectivity index (χ2n) is 9.19. The van der Waals surface area contributed by atoms with E-state index in [4.69, 9.17) is 4.98 Å². The van der Waals surface area contributed by atoms with Crippen LogP contribution in [0.3, 0.4) is 0 Å². The fourth-order valence-corrected chi connectivity index (χ4v) is 4.15. The highest BCUT2D eigenvalue weighted by atomic mass is 19.1. The number of aromatic nitrogens is 4. The van der Waals surface area contributed by atoms with Gasteiger partial charge >= 0.3 is 0 Å². The molecule has 0 amide bonds. The molecule has 2 aromatic carbocycles. The van der Waals surface area contributed by atoms with Gasteiger partial charge in [0.25, 0.3) is 0 Å². The van der Waals surface area contributed by atoms with Gasteiger partial charge in [-0.2, -0.15) is 0 Å². The molecule has 0 fully saturated rings. The van der Waals surface area contributed by atoms with E-state index in [9.17, 15) is 4.39 Å². The van der Waals surface area contributed by atoms with E-state index < -0.39 is 0 Å². The molecule has 7 heteroatoms. The summed E-state index contributed by atoms with van der Waals surface area (Å²) in [5, 5.41) is 6.80. The van der Waals surface area contributed by atoms with E-state index in [0.29, 0.717) is 12.0 Å². The smallest absolute Gasteiger partial charge is 0.223 e. The van der Waals surface area contributed by atoms with Gasteiger partial charge in [0.15, 0.2) is 0 Å². The first-order valence-electron chi connectivity index (χ1n) is 12.1. The molecule has 2 N–H and O–H groups in total. The number of rotatable bonds is 8. The van der Waals surface area contributed by atoms with Crippen molar-refractivity contribution in [2.24, 2.45) is 0 Å². The molecule has 0 spiro atoms. The lowest BCUT2D eigenvalue weighted by Crippen LogP contribution is -2.21. The van der Waals surface area contributed by atoms with E-state index in [0.717, 1.165) is 45.8 Å². The zero-order chi connectivity index (χ0) is 25.1. The highest BCUT2D eigenvalue weighted by Gasteiger charge is 2.18. The number of hydrogen-bond donors (Lipinski definition) is 2. The Morgan fingerprint density at radius 3 is 2.31 bits per heavy atom. The number of nitrogens with one attached hydrogen (secondary N) is 2. The summed E-state index contributed by atoms with van der Waals surface area (Å²) in [5.74, 6) is 0.270. The summed E-state index contributed by atoms with van der Waals surface area (Å²) in [6, 6.07) is 21.2. The van der Waals surface area contributed by atoms with Crippen LogP contribution in [0.5, 0.6) is 0 Å². The van der Waals surface area contributed by atoms with Crippen molar-refractivity contribution in [2.45, 2.75) is 39.4 Å². The number of imidazole rings is 1. The minimum absolute atomic E-state index is 0.0699. The third-order valence-electron chi connectivity index (χ3n) is 6.09. The van der Waals surface area contributed by atoms with Crippen LogP contribution in [0, 0.1) is 5.82 Å². The van der Waals surface area contributed by atoms with Crippen molar-refractivity contribution in [3.63, 3.8) is 0 Å². The third kappa shape index (κ3) is 5.11. The maximum atomic E-state index is 13.6. The molecule has 3 aromatic heterocycles. The molecule has 0 aliphatic rings. The first kappa shape index (κ1) is 23.6. The van der Waals surface area contributed by atoms with Crippen molar-refractivity contribution in [2.75, 3.05) is 5.32 Å². The van der Waals surface area contributed by atoms with Gasteiger partial charge in [0.1, 0.15) is 11.5 Å². The molecule has 0 radical (unpaired) electrons. The van der Waals surface area contributed by atoms with E-state index in [1.165, 1.54) is 12.1 Å². The summed E-state index contributed by atoms with van der Waals surface area (Å²) in [4.78, 5) is 14.1. The molecule has 6 nitrogen and oxygen atoms in total. The Balaban J connectivity index is 1.51. The number of nitrogens with zero attached hydrogens (tertiary/aromatic N) is 4. The molecular weight excluding hydrogens is 451 g/mol. The lowest BCUT2D eigenvalue weighted by atomic mass is 10.1. The molecule has 5 rings (SSSR count). The largest absolute Gasteiger partial charge is 0.348 e. The lowest BCUT2D eigenvalue weighted by Gasteiger charge is -2.14. The number of fused-ring (bicyclic) bond motifs is 1. The maximum absolute atomic E-state index is 13.6. The van der Waals surface area contributed by atoms with E-state index in [1.807, 2.05) is 28.8 Å². The first-order valence-corrected chi connectivity index (χ1v) is 12.1. The normalized spacial score (nSPS) is 12.2. The monoisotopic (exact) mass is 480 g/mol. The molecule has 0 saturated carbocycles. The van der Waals surface area contributed by atoms with Crippen LogP contribution in [-0.4, -0.2) is 25.4 Å². The first-order chi connectivity index (χ1) is 17.5. The van der Waals surface area contributed by atoms with Crippen molar-refractivity contribution in [1.82, 2.24) is 24.7 Å². The lowest BCUT2D eigenvalue weighted by molar-refractivity contribution is 0.588. The van der Waals surface area contributed by atoms with Gasteiger partial charge in [0.2, 0.25) is 5.95 Å². The van der Waals surface area contributed by atoms with Gasteiger partial charge < -0.3 is 10.6 Å². The van der Waals surface area contributed by atoms with E-state index in [2.05, 4.69) is 65.6 Å². The van der Waals surface area contributed by atoms with Gasteiger partial charge in [0, 0.05) is 42.3 Å². The molecule has 3 heterocycles. The third-order valence-corrected chi connectivity index (χ3v) is 6.09. The quantitative estimate of drug-likeness (QED) is 0.274. The second kappa shape index (κ2) is 10.3. The summed E-state index contributed by atoms with van der Waals surface area (Å²) in [6.07, 6.45) is 5.63. The average molecular weight is 481 g/mol. The van der Waals surface area contributed by atoms with Crippen molar-refractivity contribution >= 4 is 11.6 Å². The fraction of sp³-hybridized carbons (Fsp3) is 0.207. The Morgan fingerprint density at radius 2 is 1.61 bits per heavy atom. The molecule has 1 atom stereocenters. The molecule has 5 aromatic rings. The van der Waals surface area contributed by atoms with Crippen LogP contribution in [0.4, 0.5) is 10.3 Å². The van der Waals surface area contributed by atoms with Crippen molar-refractivity contribution < 1.29 is 4.39 Å². The summed E-state index contributed by atoms with van der Waals surface area (Å²) in [5.41, 5.74) is 6.39. The Bertz CT molecular complexity index is 1440. The molecule has 36 heavy (non-hydrogen) atoms. The zero-order valence-electron chi connectivity index (χ0n) is 20.6. The Hall–Kier alpha value is -4.10. The SMILES string of the molecule is CC(C)NCc1ccn2c(-c3cnc(NC(C)c4ccccc4)nc3)c(-c3ccc(F)cc3)nc2c1. The van der Waals surface area contributed by atoms with Gasteiger partial charge in [-0.05, 0) is 54.4 Å². The predicted molar refractivity (Wildman–Crippen MR) is 142 cm³/mol. The Labute approximate surface area is 210 Å². The van der Waals surface area contributed by atoms with Gasteiger partial charge in [0.05, 0.1) is 17.4 Å². The fourth-order valence-electron chi connectivity index (χ4n) is 4.15. The predicted octanol–water partition coefficient (Wildman–Crippen LogP) is 6.27. The Kier molecular flexibility index (Phi) is 6.73. The Morgan fingerprint density at radius 1 is 0.889 bits per heavy atom. The highest BCUT2D eigenvalue weighted by Crippen LogP contribution is 2.33. The van der Waals surface area contributed by atoms with Crippen molar-refractivity contribution in [1.29, 1.82) is 0 Å². The van der Waals surface area contributed by atoms with Crippen LogP contribution in [0.15, 0.2) is 85.3 Å². The number of hydrogen-bond acceptors (Lipinski definition) is 5. The van der Waals surface area contributed by atoms with E-state index in [1.54, 1.807) is 24.5 Å². The second-order valence-corrected chi connectivity index (χ2v) is 9.19. The number of benzene rings is 2. The average Bonchev–Trinajstić information content (AvgIpc) is 3.27. The van der Waals surface area contributed by atoms with E-state index >= 15 is 0 Å². The minimum Gasteiger partial charge on any atom is -0.348 e. The maximum Gasteiger partial charge on any atom is 0.223 e. The number of anilines is 1. The van der Waals surface area contributed by atoms with Gasteiger partial charge in [-0.15, -0.1) is 0 Å². The summed E-state index contributed by atoms with van der Waals surface area (Å²) >= 11 is 0. The molecule has 0 bridgehead atoms. The van der Waals surface area contributed by atoms with Crippen LogP contribution in [0.25, 0.3) is 28.2 Å². The molecule has 0 aliphatic heterocycles. The van der Waals surface area contributed by atoms with E-state index in [-0.39, 0.29) is 11.9 Å². The van der Waals surface area contributed by atoms with Crippen LogP contribution < -0.4 is 10.6 Å². The molecule has 182 valence electrons. The van der Waals surface area contributed by atoms with Crippen LogP contribution in [0.2, 0.25) is 0 Å². The number of pyridine rings is 1. The van der Waals surface area contributed by atoms with Crippen LogP contribution >= 0.6 is 0 Å². The molecular formula is C29H29FN6.